The second-order valence-corrected chi connectivity index (χ2v) is 9.67. The monoisotopic (exact) mass is 448 g/mol. The third-order valence-corrected chi connectivity index (χ3v) is 7.69. The van der Waals surface area contributed by atoms with Crippen molar-refractivity contribution in [2.75, 3.05) is 7.11 Å². The van der Waals surface area contributed by atoms with Gasteiger partial charge in [0.2, 0.25) is 5.82 Å². The zero-order chi connectivity index (χ0) is 23.2. The molecule has 2 saturated carbocycles. The highest BCUT2D eigenvalue weighted by Gasteiger charge is 2.35. The lowest BCUT2D eigenvalue weighted by atomic mass is 9.63. The number of benzene rings is 2. The van der Waals surface area contributed by atoms with Crippen LogP contribution in [0.4, 0.5) is 8.78 Å². The van der Waals surface area contributed by atoms with Crippen LogP contribution < -0.4 is 4.74 Å². The highest BCUT2D eigenvalue weighted by molar-refractivity contribution is 5.46. The van der Waals surface area contributed by atoms with E-state index in [-0.39, 0.29) is 11.3 Å². The molecule has 33 heavy (non-hydrogen) atoms. The average Bonchev–Trinajstić information content (AvgIpc) is 2.85. The Morgan fingerprint density at radius 2 is 1.67 bits per heavy atom. The molecular weight excluding hydrogens is 414 g/mol. The topological polar surface area (TPSA) is 9.23 Å². The molecule has 4 unspecified atom stereocenters. The molecule has 0 amide bonds. The molecule has 2 aliphatic rings. The van der Waals surface area contributed by atoms with Crippen molar-refractivity contribution in [1.82, 2.24) is 0 Å². The molecule has 174 valence electrons. The van der Waals surface area contributed by atoms with Crippen LogP contribution in [0.15, 0.2) is 48.6 Å². The van der Waals surface area contributed by atoms with Gasteiger partial charge in [0.1, 0.15) is 0 Å². The number of methoxy groups -OCH3 is 1. The SMILES string of the molecule is C/C=C/CCC1CCC2CC(c3ccc(C#Cc4ccc(OC)c(F)c4F)cc3)CCC2C1. The summed E-state index contributed by atoms with van der Waals surface area (Å²) in [6.07, 6.45) is 15.2. The molecule has 3 heteroatoms. The molecule has 0 aromatic heterocycles. The number of ether oxygens (including phenoxy) is 1. The smallest absolute Gasteiger partial charge is 0.201 e. The van der Waals surface area contributed by atoms with Crippen LogP contribution in [0.5, 0.6) is 5.75 Å². The molecule has 2 fully saturated rings. The van der Waals surface area contributed by atoms with Gasteiger partial charge in [0.15, 0.2) is 11.6 Å². The largest absolute Gasteiger partial charge is 0.494 e. The van der Waals surface area contributed by atoms with E-state index in [9.17, 15) is 8.78 Å². The first-order chi connectivity index (χ1) is 16.1. The molecule has 0 radical (unpaired) electrons. The summed E-state index contributed by atoms with van der Waals surface area (Å²) in [5.41, 5.74) is 2.23. The van der Waals surface area contributed by atoms with Crippen LogP contribution >= 0.6 is 0 Å². The van der Waals surface area contributed by atoms with Crippen molar-refractivity contribution >= 4 is 0 Å². The van der Waals surface area contributed by atoms with Gasteiger partial charge in [-0.2, -0.15) is 4.39 Å². The van der Waals surface area contributed by atoms with Gasteiger partial charge in [-0.25, -0.2) is 4.39 Å². The van der Waals surface area contributed by atoms with Crippen molar-refractivity contribution in [1.29, 1.82) is 0 Å². The maximum atomic E-state index is 14.1. The van der Waals surface area contributed by atoms with Gasteiger partial charge in [0.25, 0.3) is 0 Å². The van der Waals surface area contributed by atoms with Gasteiger partial charge in [-0.3, -0.25) is 0 Å². The first-order valence-electron chi connectivity index (χ1n) is 12.3. The minimum Gasteiger partial charge on any atom is -0.494 e. The predicted octanol–water partition coefficient (Wildman–Crippen LogP) is 8.03. The molecule has 0 N–H and O–H groups in total. The van der Waals surface area contributed by atoms with E-state index in [1.165, 1.54) is 76.2 Å². The Morgan fingerprint density at radius 3 is 2.42 bits per heavy atom. The number of allylic oxidation sites excluding steroid dienone is 2. The summed E-state index contributed by atoms with van der Waals surface area (Å²) in [7, 11) is 1.31. The van der Waals surface area contributed by atoms with Crippen molar-refractivity contribution in [2.24, 2.45) is 17.8 Å². The van der Waals surface area contributed by atoms with Crippen LogP contribution in [0.25, 0.3) is 0 Å². The molecule has 4 rings (SSSR count). The maximum absolute atomic E-state index is 14.1. The van der Waals surface area contributed by atoms with Crippen LogP contribution in [-0.4, -0.2) is 7.11 Å². The lowest BCUT2D eigenvalue weighted by Gasteiger charge is -2.42. The highest BCUT2D eigenvalue weighted by atomic mass is 19.2. The molecule has 1 nitrogen and oxygen atoms in total. The fourth-order valence-corrected chi connectivity index (χ4v) is 5.81. The zero-order valence-electron chi connectivity index (χ0n) is 19.7. The summed E-state index contributed by atoms with van der Waals surface area (Å²) < 4.78 is 32.8. The number of hydrogen-bond donors (Lipinski definition) is 0. The number of halogens is 2. The Hall–Kier alpha value is -2.60. The number of rotatable bonds is 5. The minimum absolute atomic E-state index is 0.0389. The molecule has 4 atom stereocenters. The second kappa shape index (κ2) is 11.0. The predicted molar refractivity (Wildman–Crippen MR) is 130 cm³/mol. The highest BCUT2D eigenvalue weighted by Crippen LogP contribution is 2.48. The van der Waals surface area contributed by atoms with E-state index in [0.29, 0.717) is 5.92 Å². The molecule has 0 heterocycles. The van der Waals surface area contributed by atoms with E-state index in [4.69, 9.17) is 4.74 Å². The van der Waals surface area contributed by atoms with Crippen molar-refractivity contribution in [3.63, 3.8) is 0 Å². The molecule has 2 aromatic carbocycles. The van der Waals surface area contributed by atoms with Crippen molar-refractivity contribution in [3.05, 3.63) is 76.9 Å². The Bertz CT molecular complexity index is 1030. The molecule has 0 spiro atoms. The van der Waals surface area contributed by atoms with E-state index in [0.717, 1.165) is 23.3 Å². The molecule has 0 saturated heterocycles. The van der Waals surface area contributed by atoms with Gasteiger partial charge in [0, 0.05) is 5.56 Å². The van der Waals surface area contributed by atoms with E-state index in [1.54, 1.807) is 0 Å². The van der Waals surface area contributed by atoms with Crippen LogP contribution in [0.1, 0.15) is 80.9 Å². The van der Waals surface area contributed by atoms with E-state index in [1.807, 2.05) is 12.1 Å². The summed E-state index contributed by atoms with van der Waals surface area (Å²) in [6.45, 7) is 2.11. The van der Waals surface area contributed by atoms with Gasteiger partial charge < -0.3 is 4.74 Å². The summed E-state index contributed by atoms with van der Waals surface area (Å²) in [5.74, 6) is 6.97. The molecular formula is C30H34F2O. The first-order valence-corrected chi connectivity index (χ1v) is 12.3. The van der Waals surface area contributed by atoms with E-state index >= 15 is 0 Å². The van der Waals surface area contributed by atoms with Crippen LogP contribution in [0.3, 0.4) is 0 Å². The summed E-state index contributed by atoms with van der Waals surface area (Å²) in [6, 6.07) is 11.2. The number of fused-ring (bicyclic) bond motifs is 1. The molecule has 2 aromatic rings. The molecule has 2 aliphatic carbocycles. The fourth-order valence-electron chi connectivity index (χ4n) is 5.81. The van der Waals surface area contributed by atoms with Gasteiger partial charge in [-0.1, -0.05) is 42.5 Å². The fraction of sp³-hybridized carbons (Fsp3) is 0.467. The Kier molecular flexibility index (Phi) is 7.86. The minimum atomic E-state index is -0.998. The summed E-state index contributed by atoms with van der Waals surface area (Å²) >= 11 is 0. The third kappa shape index (κ3) is 5.67. The zero-order valence-corrected chi connectivity index (χ0v) is 19.7. The second-order valence-electron chi connectivity index (χ2n) is 9.67. The van der Waals surface area contributed by atoms with Gasteiger partial charge in [-0.15, -0.1) is 0 Å². The normalized spacial score (nSPS) is 24.7. The Morgan fingerprint density at radius 1 is 0.909 bits per heavy atom. The Balaban J connectivity index is 1.36. The van der Waals surface area contributed by atoms with Crippen molar-refractivity contribution in [2.45, 2.75) is 64.2 Å². The van der Waals surface area contributed by atoms with E-state index < -0.39 is 11.6 Å². The van der Waals surface area contributed by atoms with Gasteiger partial charge >= 0.3 is 0 Å². The lowest BCUT2D eigenvalue weighted by Crippen LogP contribution is -2.30. The third-order valence-electron chi connectivity index (χ3n) is 7.69. The van der Waals surface area contributed by atoms with Crippen molar-refractivity contribution < 1.29 is 13.5 Å². The Labute approximate surface area is 197 Å². The first kappa shape index (κ1) is 23.6. The maximum Gasteiger partial charge on any atom is 0.201 e. The summed E-state index contributed by atoms with van der Waals surface area (Å²) in [4.78, 5) is 0. The molecule has 0 aliphatic heterocycles. The van der Waals surface area contributed by atoms with Crippen LogP contribution in [0.2, 0.25) is 0 Å². The quantitative estimate of drug-likeness (QED) is 0.332. The van der Waals surface area contributed by atoms with Crippen molar-refractivity contribution in [3.8, 4) is 17.6 Å². The number of hydrogen-bond acceptors (Lipinski definition) is 1. The van der Waals surface area contributed by atoms with Gasteiger partial charge in [-0.05, 0) is 105 Å². The molecule has 0 bridgehead atoms. The van der Waals surface area contributed by atoms with Gasteiger partial charge in [0.05, 0.1) is 12.7 Å². The average molecular weight is 449 g/mol. The standard InChI is InChI=1S/C30H34F2O/c1-3-4-5-6-22-10-14-27-20-26(16-15-25(27)19-22)23-11-7-21(8-12-23)9-13-24-17-18-28(33-2)30(32)29(24)31/h3-4,7-8,11-12,17-18,22,25-27H,5-6,10,14-16,19-20H2,1-2H3/b4-3+. The van der Waals surface area contributed by atoms with Crippen LogP contribution in [0, 0.1) is 41.2 Å². The summed E-state index contributed by atoms with van der Waals surface area (Å²) in [5, 5.41) is 0. The van der Waals surface area contributed by atoms with E-state index in [2.05, 4.69) is 43.0 Å². The lowest BCUT2D eigenvalue weighted by molar-refractivity contribution is 0.115. The van der Waals surface area contributed by atoms with Crippen LogP contribution in [-0.2, 0) is 0 Å².